The van der Waals surface area contributed by atoms with E-state index in [0.717, 1.165) is 25.9 Å². The molecule has 1 aliphatic heterocycles. The first-order valence-electron chi connectivity index (χ1n) is 7.17. The molecule has 106 valence electrons. The van der Waals surface area contributed by atoms with Gasteiger partial charge in [0.1, 0.15) is 0 Å². The normalized spacial score (nSPS) is 23.6. The number of piperazine rings is 1. The van der Waals surface area contributed by atoms with Crippen molar-refractivity contribution in [2.45, 2.75) is 78.4 Å². The van der Waals surface area contributed by atoms with Crippen LogP contribution in [-0.2, 0) is 4.79 Å². The lowest BCUT2D eigenvalue weighted by Crippen LogP contribution is -2.65. The van der Waals surface area contributed by atoms with Gasteiger partial charge in [-0.2, -0.15) is 0 Å². The predicted octanol–water partition coefficient (Wildman–Crippen LogP) is 2.90. The van der Waals surface area contributed by atoms with Gasteiger partial charge >= 0.3 is 0 Å². The van der Waals surface area contributed by atoms with Crippen molar-refractivity contribution in [1.29, 1.82) is 0 Å². The van der Waals surface area contributed by atoms with E-state index in [-0.39, 0.29) is 17.1 Å². The van der Waals surface area contributed by atoms with Crippen LogP contribution in [0.2, 0.25) is 0 Å². The number of hydrogen-bond donors (Lipinski definition) is 0. The number of carbonyl (C=O) groups is 1. The van der Waals surface area contributed by atoms with Gasteiger partial charge in [-0.05, 0) is 48.0 Å². The molecule has 0 radical (unpaired) electrons. The van der Waals surface area contributed by atoms with Crippen molar-refractivity contribution in [3.8, 4) is 0 Å². The van der Waals surface area contributed by atoms with Crippen molar-refractivity contribution in [3.63, 3.8) is 0 Å². The summed E-state index contributed by atoms with van der Waals surface area (Å²) >= 11 is 0. The Kier molecular flexibility index (Phi) is 4.47. The van der Waals surface area contributed by atoms with Gasteiger partial charge < -0.3 is 4.90 Å². The average molecular weight is 254 g/mol. The lowest BCUT2D eigenvalue weighted by molar-refractivity contribution is -0.152. The summed E-state index contributed by atoms with van der Waals surface area (Å²) in [6.45, 7) is 17.0. The molecule has 0 N–H and O–H groups in total. The zero-order valence-electron chi connectivity index (χ0n) is 13.2. The first kappa shape index (κ1) is 15.5. The molecule has 0 aliphatic carbocycles. The molecule has 1 atom stereocenters. The molecule has 1 aliphatic rings. The third-order valence-corrected chi connectivity index (χ3v) is 3.73. The summed E-state index contributed by atoms with van der Waals surface area (Å²) in [5.41, 5.74) is 0.00647. The van der Waals surface area contributed by atoms with E-state index >= 15 is 0 Å². The summed E-state index contributed by atoms with van der Waals surface area (Å²) < 4.78 is 0. The smallest absolute Gasteiger partial charge is 0.240 e. The second-order valence-corrected chi connectivity index (χ2v) is 7.33. The van der Waals surface area contributed by atoms with Crippen molar-refractivity contribution < 1.29 is 4.79 Å². The quantitative estimate of drug-likeness (QED) is 0.756. The molecule has 0 spiro atoms. The van der Waals surface area contributed by atoms with Crippen molar-refractivity contribution >= 4 is 5.91 Å². The van der Waals surface area contributed by atoms with Crippen molar-refractivity contribution in [2.24, 2.45) is 0 Å². The molecule has 1 saturated heterocycles. The Hall–Kier alpha value is -0.570. The van der Waals surface area contributed by atoms with Gasteiger partial charge in [-0.25, -0.2) is 0 Å². The molecule has 0 aromatic carbocycles. The SMILES string of the molecule is CCC[C@H]1C(=O)N(C(C)(C)C)CCN1C(C)(C)C. The zero-order chi connectivity index (χ0) is 14.1. The summed E-state index contributed by atoms with van der Waals surface area (Å²) in [5.74, 6) is 0.311. The third kappa shape index (κ3) is 3.25. The highest BCUT2D eigenvalue weighted by molar-refractivity contribution is 5.83. The van der Waals surface area contributed by atoms with Crippen LogP contribution in [-0.4, -0.2) is 45.9 Å². The van der Waals surface area contributed by atoms with Gasteiger partial charge in [0.25, 0.3) is 0 Å². The van der Waals surface area contributed by atoms with Gasteiger partial charge in [0.05, 0.1) is 6.04 Å². The highest BCUT2D eigenvalue weighted by Crippen LogP contribution is 2.28. The summed E-state index contributed by atoms with van der Waals surface area (Å²) in [4.78, 5) is 17.1. The van der Waals surface area contributed by atoms with Crippen LogP contribution in [0.15, 0.2) is 0 Å². The van der Waals surface area contributed by atoms with Gasteiger partial charge in [-0.1, -0.05) is 13.3 Å². The maximum Gasteiger partial charge on any atom is 0.240 e. The van der Waals surface area contributed by atoms with E-state index in [2.05, 4.69) is 58.3 Å². The fraction of sp³-hybridized carbons (Fsp3) is 0.933. The van der Waals surface area contributed by atoms with E-state index in [1.807, 2.05) is 0 Å². The van der Waals surface area contributed by atoms with Crippen LogP contribution >= 0.6 is 0 Å². The Balaban J connectivity index is 2.96. The van der Waals surface area contributed by atoms with E-state index in [9.17, 15) is 4.79 Å². The molecular weight excluding hydrogens is 224 g/mol. The molecule has 3 heteroatoms. The number of rotatable bonds is 2. The Morgan fingerprint density at radius 2 is 1.61 bits per heavy atom. The Labute approximate surface area is 113 Å². The molecular formula is C15H30N2O. The van der Waals surface area contributed by atoms with Gasteiger partial charge in [0.15, 0.2) is 0 Å². The van der Waals surface area contributed by atoms with Crippen LogP contribution in [0.3, 0.4) is 0 Å². The summed E-state index contributed by atoms with van der Waals surface area (Å²) in [6.07, 6.45) is 2.02. The minimum Gasteiger partial charge on any atom is -0.335 e. The second-order valence-electron chi connectivity index (χ2n) is 7.33. The lowest BCUT2D eigenvalue weighted by Gasteiger charge is -2.50. The highest BCUT2D eigenvalue weighted by Gasteiger charge is 2.42. The van der Waals surface area contributed by atoms with E-state index < -0.39 is 0 Å². The van der Waals surface area contributed by atoms with E-state index in [1.165, 1.54) is 0 Å². The molecule has 0 unspecified atom stereocenters. The largest absolute Gasteiger partial charge is 0.335 e. The molecule has 0 bridgehead atoms. The van der Waals surface area contributed by atoms with Crippen LogP contribution in [0, 0.1) is 0 Å². The Morgan fingerprint density at radius 1 is 1.06 bits per heavy atom. The van der Waals surface area contributed by atoms with Crippen molar-refractivity contribution in [3.05, 3.63) is 0 Å². The fourth-order valence-electron chi connectivity index (χ4n) is 2.81. The molecule has 1 heterocycles. The van der Waals surface area contributed by atoms with E-state index in [4.69, 9.17) is 0 Å². The first-order chi connectivity index (χ1) is 8.09. The topological polar surface area (TPSA) is 23.6 Å². The van der Waals surface area contributed by atoms with Crippen LogP contribution in [0.1, 0.15) is 61.3 Å². The number of nitrogens with zero attached hydrogens (tertiary/aromatic N) is 2. The predicted molar refractivity (Wildman–Crippen MR) is 76.6 cm³/mol. The average Bonchev–Trinajstić information content (AvgIpc) is 2.17. The van der Waals surface area contributed by atoms with Crippen molar-refractivity contribution in [2.75, 3.05) is 13.1 Å². The van der Waals surface area contributed by atoms with Gasteiger partial charge in [0.2, 0.25) is 5.91 Å². The molecule has 1 amide bonds. The van der Waals surface area contributed by atoms with Crippen LogP contribution in [0.25, 0.3) is 0 Å². The maximum absolute atomic E-state index is 12.7. The Bertz CT molecular complexity index is 299. The maximum atomic E-state index is 12.7. The molecule has 18 heavy (non-hydrogen) atoms. The third-order valence-electron chi connectivity index (χ3n) is 3.73. The number of amides is 1. The molecule has 3 nitrogen and oxygen atoms in total. The van der Waals surface area contributed by atoms with E-state index in [0.29, 0.717) is 5.91 Å². The molecule has 0 aromatic rings. The van der Waals surface area contributed by atoms with Crippen LogP contribution in [0.5, 0.6) is 0 Å². The van der Waals surface area contributed by atoms with E-state index in [1.54, 1.807) is 0 Å². The fourth-order valence-corrected chi connectivity index (χ4v) is 2.81. The summed E-state index contributed by atoms with van der Waals surface area (Å²) in [7, 11) is 0. The zero-order valence-corrected chi connectivity index (χ0v) is 13.2. The van der Waals surface area contributed by atoms with Gasteiger partial charge in [-0.15, -0.1) is 0 Å². The highest BCUT2D eigenvalue weighted by atomic mass is 16.2. The minimum atomic E-state index is -0.0625. The molecule has 0 aromatic heterocycles. The van der Waals surface area contributed by atoms with Crippen molar-refractivity contribution in [1.82, 2.24) is 9.80 Å². The summed E-state index contributed by atoms with van der Waals surface area (Å²) in [6, 6.07) is 0.0583. The summed E-state index contributed by atoms with van der Waals surface area (Å²) in [5, 5.41) is 0. The number of hydrogen-bond acceptors (Lipinski definition) is 2. The second kappa shape index (κ2) is 5.20. The molecule has 1 fully saturated rings. The van der Waals surface area contributed by atoms with Crippen LogP contribution in [0.4, 0.5) is 0 Å². The number of carbonyl (C=O) groups excluding carboxylic acids is 1. The minimum absolute atomic E-state index is 0.0583. The lowest BCUT2D eigenvalue weighted by atomic mass is 9.94. The van der Waals surface area contributed by atoms with Gasteiger partial charge in [-0.3, -0.25) is 9.69 Å². The van der Waals surface area contributed by atoms with Gasteiger partial charge in [0, 0.05) is 24.2 Å². The standard InChI is InChI=1S/C15H30N2O/c1-8-9-12-13(18)17(15(5,6)7)11-10-16(12)14(2,3)4/h12H,8-11H2,1-7H3/t12-/m0/s1. The first-order valence-corrected chi connectivity index (χ1v) is 7.17. The van der Waals surface area contributed by atoms with Crippen LogP contribution < -0.4 is 0 Å². The molecule has 1 rings (SSSR count). The monoisotopic (exact) mass is 254 g/mol. The Morgan fingerprint density at radius 3 is 2.00 bits per heavy atom. The molecule has 0 saturated carbocycles.